The van der Waals surface area contributed by atoms with Crippen LogP contribution in [0.1, 0.15) is 39.7 Å². The number of nitrogens with two attached hydrogens (primary N) is 1. The first-order valence-corrected chi connectivity index (χ1v) is 7.80. The minimum atomic E-state index is -0.150. The molecule has 0 bridgehead atoms. The van der Waals surface area contributed by atoms with Crippen molar-refractivity contribution in [1.82, 2.24) is 10.2 Å². The summed E-state index contributed by atoms with van der Waals surface area (Å²) in [4.78, 5) is 14.4. The van der Waals surface area contributed by atoms with Gasteiger partial charge in [0.25, 0.3) is 0 Å². The summed E-state index contributed by atoms with van der Waals surface area (Å²) in [7, 11) is 0. The summed E-state index contributed by atoms with van der Waals surface area (Å²) in [5, 5.41) is 3.01. The molecule has 0 aliphatic heterocycles. The van der Waals surface area contributed by atoms with E-state index in [9.17, 15) is 4.79 Å². The van der Waals surface area contributed by atoms with Crippen molar-refractivity contribution in [1.29, 1.82) is 0 Å². The Kier molecular flexibility index (Phi) is 7.23. The van der Waals surface area contributed by atoms with Gasteiger partial charge in [-0.15, -0.1) is 0 Å². The van der Waals surface area contributed by atoms with Crippen molar-refractivity contribution in [2.45, 2.75) is 46.7 Å². The number of carbonyl (C=O) groups is 1. The van der Waals surface area contributed by atoms with Crippen molar-refractivity contribution < 1.29 is 4.79 Å². The molecule has 4 nitrogen and oxygen atoms in total. The Hall–Kier alpha value is -1.55. The summed E-state index contributed by atoms with van der Waals surface area (Å²) in [6.07, 6.45) is 1.01. The predicted octanol–water partition coefficient (Wildman–Crippen LogP) is 2.64. The SMILES string of the molecule is CCCN(Cc1ccccc1N)C(C)C(=O)NCC(C)C. The maximum Gasteiger partial charge on any atom is 0.237 e. The van der Waals surface area contributed by atoms with Crippen LogP contribution in [-0.4, -0.2) is 29.9 Å². The van der Waals surface area contributed by atoms with E-state index in [1.807, 2.05) is 31.2 Å². The fraction of sp³-hybridized carbons (Fsp3) is 0.588. The van der Waals surface area contributed by atoms with Crippen molar-refractivity contribution in [3.8, 4) is 0 Å². The van der Waals surface area contributed by atoms with E-state index in [4.69, 9.17) is 5.73 Å². The third-order valence-electron chi connectivity index (χ3n) is 3.55. The fourth-order valence-electron chi connectivity index (χ4n) is 2.21. The van der Waals surface area contributed by atoms with E-state index in [1.165, 1.54) is 0 Å². The van der Waals surface area contributed by atoms with Crippen LogP contribution in [0.15, 0.2) is 24.3 Å². The van der Waals surface area contributed by atoms with Crippen LogP contribution < -0.4 is 11.1 Å². The maximum atomic E-state index is 12.3. The zero-order valence-electron chi connectivity index (χ0n) is 13.7. The Labute approximate surface area is 128 Å². The van der Waals surface area contributed by atoms with E-state index in [1.54, 1.807) is 0 Å². The molecule has 1 amide bonds. The van der Waals surface area contributed by atoms with E-state index < -0.39 is 0 Å². The highest BCUT2D eigenvalue weighted by atomic mass is 16.2. The van der Waals surface area contributed by atoms with E-state index in [2.05, 4.69) is 31.0 Å². The van der Waals surface area contributed by atoms with E-state index in [0.717, 1.165) is 30.8 Å². The average molecular weight is 291 g/mol. The predicted molar refractivity (Wildman–Crippen MR) is 88.9 cm³/mol. The standard InChI is InChI=1S/C17H29N3O/c1-5-10-20(12-15-8-6-7-9-16(15)18)14(4)17(21)19-11-13(2)3/h6-9,13-14H,5,10-12,18H2,1-4H3,(H,19,21). The zero-order valence-corrected chi connectivity index (χ0v) is 13.7. The van der Waals surface area contributed by atoms with Crippen molar-refractivity contribution in [2.24, 2.45) is 5.92 Å². The lowest BCUT2D eigenvalue weighted by atomic mass is 10.1. The van der Waals surface area contributed by atoms with Gasteiger partial charge in [0.2, 0.25) is 5.91 Å². The summed E-state index contributed by atoms with van der Waals surface area (Å²) >= 11 is 0. The summed E-state index contributed by atoms with van der Waals surface area (Å²) < 4.78 is 0. The van der Waals surface area contributed by atoms with Crippen LogP contribution in [0.4, 0.5) is 5.69 Å². The molecular weight excluding hydrogens is 262 g/mol. The molecule has 1 aromatic rings. The third-order valence-corrected chi connectivity index (χ3v) is 3.55. The van der Waals surface area contributed by atoms with Gasteiger partial charge in [0, 0.05) is 18.8 Å². The highest BCUT2D eigenvalue weighted by molar-refractivity contribution is 5.81. The van der Waals surface area contributed by atoms with Gasteiger partial charge in [-0.2, -0.15) is 0 Å². The van der Waals surface area contributed by atoms with Gasteiger partial charge in [-0.3, -0.25) is 9.69 Å². The Balaban J connectivity index is 2.71. The molecule has 4 heteroatoms. The first-order valence-electron chi connectivity index (χ1n) is 7.80. The lowest BCUT2D eigenvalue weighted by Gasteiger charge is -2.28. The second-order valence-corrected chi connectivity index (χ2v) is 5.98. The number of nitrogens with one attached hydrogen (secondary N) is 1. The number of carbonyl (C=O) groups excluding carboxylic acids is 1. The molecule has 0 aliphatic rings. The number of benzene rings is 1. The summed E-state index contributed by atoms with van der Waals surface area (Å²) in [5.41, 5.74) is 7.88. The molecule has 0 radical (unpaired) electrons. The van der Waals surface area contributed by atoms with Crippen LogP contribution in [0.2, 0.25) is 0 Å². The van der Waals surface area contributed by atoms with Gasteiger partial charge >= 0.3 is 0 Å². The van der Waals surface area contributed by atoms with Crippen LogP contribution in [0.3, 0.4) is 0 Å². The molecule has 0 heterocycles. The Morgan fingerprint density at radius 2 is 1.95 bits per heavy atom. The molecule has 0 saturated heterocycles. The van der Waals surface area contributed by atoms with Gasteiger partial charge in [0.1, 0.15) is 0 Å². The topological polar surface area (TPSA) is 58.4 Å². The highest BCUT2D eigenvalue weighted by Crippen LogP contribution is 2.15. The van der Waals surface area contributed by atoms with Gasteiger partial charge in [-0.1, -0.05) is 39.0 Å². The van der Waals surface area contributed by atoms with Crippen LogP contribution in [-0.2, 0) is 11.3 Å². The second kappa shape index (κ2) is 8.67. The summed E-state index contributed by atoms with van der Waals surface area (Å²) in [6, 6.07) is 7.70. The molecule has 21 heavy (non-hydrogen) atoms. The quantitative estimate of drug-likeness (QED) is 0.724. The van der Waals surface area contributed by atoms with Crippen LogP contribution in [0.5, 0.6) is 0 Å². The van der Waals surface area contributed by atoms with Crippen molar-refractivity contribution >= 4 is 11.6 Å². The number of para-hydroxylation sites is 1. The molecule has 0 aromatic heterocycles. The normalized spacial score (nSPS) is 12.7. The summed E-state index contributed by atoms with van der Waals surface area (Å²) in [6.45, 7) is 10.6. The number of hydrogen-bond donors (Lipinski definition) is 2. The van der Waals surface area contributed by atoms with Gasteiger partial charge in [0.15, 0.2) is 0 Å². The largest absolute Gasteiger partial charge is 0.398 e. The molecular formula is C17H29N3O. The van der Waals surface area contributed by atoms with E-state index >= 15 is 0 Å². The first-order chi connectivity index (χ1) is 9.95. The monoisotopic (exact) mass is 291 g/mol. The van der Waals surface area contributed by atoms with Gasteiger partial charge in [-0.25, -0.2) is 0 Å². The Bertz CT molecular complexity index is 445. The van der Waals surface area contributed by atoms with E-state index in [-0.39, 0.29) is 11.9 Å². The second-order valence-electron chi connectivity index (χ2n) is 5.98. The van der Waals surface area contributed by atoms with Crippen LogP contribution in [0, 0.1) is 5.92 Å². The number of anilines is 1. The number of nitrogens with zero attached hydrogens (tertiary/aromatic N) is 1. The minimum absolute atomic E-state index is 0.0895. The maximum absolute atomic E-state index is 12.3. The van der Waals surface area contributed by atoms with Crippen LogP contribution in [0.25, 0.3) is 0 Å². The molecule has 0 spiro atoms. The molecule has 0 aliphatic carbocycles. The minimum Gasteiger partial charge on any atom is -0.398 e. The van der Waals surface area contributed by atoms with E-state index in [0.29, 0.717) is 12.5 Å². The Morgan fingerprint density at radius 3 is 2.52 bits per heavy atom. The molecule has 1 atom stereocenters. The highest BCUT2D eigenvalue weighted by Gasteiger charge is 2.21. The van der Waals surface area contributed by atoms with Crippen molar-refractivity contribution in [3.05, 3.63) is 29.8 Å². The molecule has 0 fully saturated rings. The van der Waals surface area contributed by atoms with Gasteiger partial charge < -0.3 is 11.1 Å². The number of nitrogen functional groups attached to an aromatic ring is 1. The van der Waals surface area contributed by atoms with Crippen LogP contribution >= 0.6 is 0 Å². The Morgan fingerprint density at radius 1 is 1.29 bits per heavy atom. The van der Waals surface area contributed by atoms with Gasteiger partial charge in [-0.05, 0) is 37.4 Å². The molecule has 1 unspecified atom stereocenters. The average Bonchev–Trinajstić information content (AvgIpc) is 2.45. The lowest BCUT2D eigenvalue weighted by molar-refractivity contribution is -0.126. The molecule has 3 N–H and O–H groups in total. The molecule has 1 rings (SSSR count). The van der Waals surface area contributed by atoms with Crippen molar-refractivity contribution in [3.63, 3.8) is 0 Å². The smallest absolute Gasteiger partial charge is 0.237 e. The zero-order chi connectivity index (χ0) is 15.8. The fourth-order valence-corrected chi connectivity index (χ4v) is 2.21. The lowest BCUT2D eigenvalue weighted by Crippen LogP contribution is -2.46. The molecule has 1 aromatic carbocycles. The number of amides is 1. The number of hydrogen-bond acceptors (Lipinski definition) is 3. The summed E-state index contributed by atoms with van der Waals surface area (Å²) in [5.74, 6) is 0.553. The molecule has 118 valence electrons. The van der Waals surface area contributed by atoms with Gasteiger partial charge in [0.05, 0.1) is 6.04 Å². The van der Waals surface area contributed by atoms with Crippen molar-refractivity contribution in [2.75, 3.05) is 18.8 Å². The number of rotatable bonds is 8. The third kappa shape index (κ3) is 5.76. The molecule has 0 saturated carbocycles. The first kappa shape index (κ1) is 17.5.